The Labute approximate surface area is 201 Å². The average molecular weight is 489 g/mol. The molecule has 0 aromatic carbocycles. The molecule has 0 aliphatic carbocycles. The minimum atomic E-state index is -0.745. The van der Waals surface area contributed by atoms with Crippen LogP contribution in [0.15, 0.2) is 0 Å². The number of methoxy groups -OCH3 is 1. The summed E-state index contributed by atoms with van der Waals surface area (Å²) < 4.78 is 14.6. The predicted molar refractivity (Wildman–Crippen MR) is 127 cm³/mol. The summed E-state index contributed by atoms with van der Waals surface area (Å²) in [7, 11) is 1.21. The van der Waals surface area contributed by atoms with Gasteiger partial charge in [0.25, 0.3) is 0 Å². The minimum Gasteiger partial charge on any atom is -0.466 e. The third-order valence-electron chi connectivity index (χ3n) is 5.44. The summed E-state index contributed by atoms with van der Waals surface area (Å²) >= 11 is 1.67. The van der Waals surface area contributed by atoms with Crippen LogP contribution in [0.5, 0.6) is 0 Å². The van der Waals surface area contributed by atoms with Crippen LogP contribution in [0.25, 0.3) is 0 Å². The molecule has 0 spiro atoms. The molecule has 1 aliphatic rings. The van der Waals surface area contributed by atoms with Crippen molar-refractivity contribution in [2.75, 3.05) is 38.4 Å². The first-order valence-electron chi connectivity index (χ1n) is 11.9. The lowest BCUT2D eigenvalue weighted by atomic mass is 10.2. The number of nitrogens with zero attached hydrogens (tertiary/aromatic N) is 1. The topological polar surface area (TPSA) is 111 Å². The number of amides is 1. The molecule has 1 N–H and O–H groups in total. The smallest absolute Gasteiger partial charge is 0.344 e. The van der Waals surface area contributed by atoms with Crippen molar-refractivity contribution >= 4 is 35.6 Å². The summed E-state index contributed by atoms with van der Waals surface area (Å²) in [4.78, 5) is 50.5. The molecule has 3 atom stereocenters. The SMILES string of the molecule is CCCCCCCSC[C@H](N[C@@H](C)C(=O)N1CCC[C@H]1C(=O)OCC(=O)OC)C(=O)OCC. The molecule has 10 heteroatoms. The van der Waals surface area contributed by atoms with Gasteiger partial charge < -0.3 is 19.1 Å². The Hall–Kier alpha value is -1.81. The van der Waals surface area contributed by atoms with Crippen LogP contribution in [-0.2, 0) is 33.4 Å². The second-order valence-electron chi connectivity index (χ2n) is 8.06. The van der Waals surface area contributed by atoms with Crippen LogP contribution in [0.1, 0.15) is 65.7 Å². The third-order valence-corrected chi connectivity index (χ3v) is 6.58. The molecular formula is C23H40N2O7S. The molecule has 0 unspecified atom stereocenters. The first-order chi connectivity index (χ1) is 15.8. The van der Waals surface area contributed by atoms with Crippen LogP contribution in [0.4, 0.5) is 0 Å². The van der Waals surface area contributed by atoms with Crippen LogP contribution in [-0.4, -0.2) is 85.2 Å². The molecule has 1 rings (SSSR count). The molecule has 0 aromatic heterocycles. The van der Waals surface area contributed by atoms with Crippen molar-refractivity contribution < 1.29 is 33.4 Å². The van der Waals surface area contributed by atoms with Crippen molar-refractivity contribution in [1.29, 1.82) is 0 Å². The van der Waals surface area contributed by atoms with E-state index in [1.165, 1.54) is 37.7 Å². The van der Waals surface area contributed by atoms with Crippen molar-refractivity contribution in [1.82, 2.24) is 10.2 Å². The zero-order chi connectivity index (χ0) is 24.6. The van der Waals surface area contributed by atoms with Crippen LogP contribution >= 0.6 is 11.8 Å². The van der Waals surface area contributed by atoms with Crippen molar-refractivity contribution in [3.63, 3.8) is 0 Å². The van der Waals surface area contributed by atoms with E-state index >= 15 is 0 Å². The Morgan fingerprint density at radius 2 is 1.82 bits per heavy atom. The van der Waals surface area contributed by atoms with Gasteiger partial charge >= 0.3 is 17.9 Å². The lowest BCUT2D eigenvalue weighted by Crippen LogP contribution is -2.54. The summed E-state index contributed by atoms with van der Waals surface area (Å²) in [5.74, 6) is -0.496. The Morgan fingerprint density at radius 1 is 1.09 bits per heavy atom. The number of hydrogen-bond acceptors (Lipinski definition) is 9. The molecule has 1 fully saturated rings. The van der Waals surface area contributed by atoms with Crippen LogP contribution in [0.2, 0.25) is 0 Å². The van der Waals surface area contributed by atoms with Gasteiger partial charge in [-0.15, -0.1) is 0 Å². The highest BCUT2D eigenvalue weighted by Gasteiger charge is 2.38. The largest absolute Gasteiger partial charge is 0.466 e. The van der Waals surface area contributed by atoms with E-state index in [1.807, 2.05) is 0 Å². The average Bonchev–Trinajstić information content (AvgIpc) is 3.30. The number of rotatable bonds is 16. The maximum Gasteiger partial charge on any atom is 0.344 e. The molecule has 1 heterocycles. The number of carbonyl (C=O) groups excluding carboxylic acids is 4. The van der Waals surface area contributed by atoms with Crippen molar-refractivity contribution in [2.45, 2.75) is 83.8 Å². The maximum absolute atomic E-state index is 13.1. The van der Waals surface area contributed by atoms with Crippen molar-refractivity contribution in [3.8, 4) is 0 Å². The molecule has 190 valence electrons. The normalized spacial score (nSPS) is 17.3. The van der Waals surface area contributed by atoms with E-state index in [9.17, 15) is 19.2 Å². The van der Waals surface area contributed by atoms with Gasteiger partial charge in [0.05, 0.1) is 19.8 Å². The first-order valence-corrected chi connectivity index (χ1v) is 13.0. The Bertz CT molecular complexity index is 632. The maximum atomic E-state index is 13.1. The molecule has 1 aliphatic heterocycles. The van der Waals surface area contributed by atoms with E-state index in [4.69, 9.17) is 9.47 Å². The minimum absolute atomic E-state index is 0.265. The van der Waals surface area contributed by atoms with Gasteiger partial charge in [-0.25, -0.2) is 9.59 Å². The van der Waals surface area contributed by atoms with Gasteiger partial charge in [0.1, 0.15) is 12.1 Å². The standard InChI is InChI=1S/C23H40N2O7S/c1-5-7-8-9-10-14-33-16-18(22(28)31-6-2)24-17(3)21(27)25-13-11-12-19(25)23(29)32-15-20(26)30-4/h17-19,24H,5-16H2,1-4H3/t17-,18-,19-/m0/s1. The summed E-state index contributed by atoms with van der Waals surface area (Å²) in [5, 5.41) is 3.10. The number of hydrogen-bond donors (Lipinski definition) is 1. The molecule has 33 heavy (non-hydrogen) atoms. The third kappa shape index (κ3) is 10.8. The van der Waals surface area contributed by atoms with E-state index in [0.717, 1.165) is 12.2 Å². The van der Waals surface area contributed by atoms with Gasteiger partial charge in [0.15, 0.2) is 6.61 Å². The van der Waals surface area contributed by atoms with Crippen molar-refractivity contribution in [2.24, 2.45) is 0 Å². The zero-order valence-electron chi connectivity index (χ0n) is 20.4. The molecule has 9 nitrogen and oxygen atoms in total. The lowest BCUT2D eigenvalue weighted by molar-refractivity contribution is -0.161. The summed E-state index contributed by atoms with van der Waals surface area (Å²) in [6.45, 7) is 5.81. The van der Waals surface area contributed by atoms with Gasteiger partial charge in [-0.1, -0.05) is 32.6 Å². The zero-order valence-corrected chi connectivity index (χ0v) is 21.2. The highest BCUT2D eigenvalue weighted by molar-refractivity contribution is 7.99. The van der Waals surface area contributed by atoms with Gasteiger partial charge in [-0.3, -0.25) is 14.9 Å². The molecule has 1 amide bonds. The quantitative estimate of drug-likeness (QED) is 0.199. The number of nitrogens with one attached hydrogen (secondary N) is 1. The number of unbranched alkanes of at least 4 members (excludes halogenated alkanes) is 4. The fourth-order valence-electron chi connectivity index (χ4n) is 3.62. The van der Waals surface area contributed by atoms with Gasteiger partial charge in [-0.05, 0) is 38.9 Å². The van der Waals surface area contributed by atoms with Crippen LogP contribution in [0, 0.1) is 0 Å². The number of ether oxygens (including phenoxy) is 3. The van der Waals surface area contributed by atoms with Crippen LogP contribution < -0.4 is 5.32 Å². The number of esters is 3. The van der Waals surface area contributed by atoms with E-state index in [-0.39, 0.29) is 18.5 Å². The summed E-state index contributed by atoms with van der Waals surface area (Å²) in [6, 6.07) is -2.04. The molecule has 0 saturated carbocycles. The Balaban J connectivity index is 2.62. The highest BCUT2D eigenvalue weighted by Crippen LogP contribution is 2.20. The Morgan fingerprint density at radius 3 is 2.48 bits per heavy atom. The van der Waals surface area contributed by atoms with E-state index in [1.54, 1.807) is 25.6 Å². The number of carbonyl (C=O) groups is 4. The van der Waals surface area contributed by atoms with E-state index in [0.29, 0.717) is 25.1 Å². The van der Waals surface area contributed by atoms with Crippen molar-refractivity contribution in [3.05, 3.63) is 0 Å². The van der Waals surface area contributed by atoms with Crippen LogP contribution in [0.3, 0.4) is 0 Å². The second kappa shape index (κ2) is 16.7. The van der Waals surface area contributed by atoms with Gasteiger partial charge in [0.2, 0.25) is 5.91 Å². The fourth-order valence-corrected chi connectivity index (χ4v) is 4.66. The fraction of sp³-hybridized carbons (Fsp3) is 0.826. The molecule has 0 bridgehead atoms. The number of thioether (sulfide) groups is 1. The molecule has 0 aromatic rings. The predicted octanol–water partition coefficient (Wildman–Crippen LogP) is 2.31. The molecule has 0 radical (unpaired) electrons. The summed E-state index contributed by atoms with van der Waals surface area (Å²) in [5.41, 5.74) is 0. The monoisotopic (exact) mass is 488 g/mol. The summed E-state index contributed by atoms with van der Waals surface area (Å²) in [6.07, 6.45) is 7.06. The lowest BCUT2D eigenvalue weighted by Gasteiger charge is -2.28. The van der Waals surface area contributed by atoms with E-state index < -0.39 is 36.7 Å². The van der Waals surface area contributed by atoms with E-state index in [2.05, 4.69) is 17.0 Å². The molecule has 1 saturated heterocycles. The van der Waals surface area contributed by atoms with Gasteiger partial charge in [-0.2, -0.15) is 11.8 Å². The Kier molecular flexibility index (Phi) is 14.8. The second-order valence-corrected chi connectivity index (χ2v) is 9.21. The highest BCUT2D eigenvalue weighted by atomic mass is 32.2. The first kappa shape index (κ1) is 29.2. The van der Waals surface area contributed by atoms with Gasteiger partial charge in [0, 0.05) is 12.3 Å². The molecular weight excluding hydrogens is 448 g/mol. The number of likely N-dealkylation sites (tertiary alicyclic amines) is 1.